The third-order valence-corrected chi connectivity index (χ3v) is 10.9. The van der Waals surface area contributed by atoms with Gasteiger partial charge in [0.1, 0.15) is 23.0 Å². The SMILES string of the molecule is COc1cc(OC)cc(-c2c(OC)ccc(OC)c2P(C2CCCCC2)C2CCCCC2)c1. The second kappa shape index (κ2) is 11.5. The van der Waals surface area contributed by atoms with E-state index in [0.717, 1.165) is 45.4 Å². The Labute approximate surface area is 200 Å². The molecule has 180 valence electrons. The summed E-state index contributed by atoms with van der Waals surface area (Å²) in [6.45, 7) is 0. The van der Waals surface area contributed by atoms with Crippen molar-refractivity contribution in [1.29, 1.82) is 0 Å². The summed E-state index contributed by atoms with van der Waals surface area (Å²) in [5.41, 5.74) is 3.75. The lowest BCUT2D eigenvalue weighted by Gasteiger charge is -2.40. The van der Waals surface area contributed by atoms with E-state index in [-0.39, 0.29) is 0 Å². The monoisotopic (exact) mass is 470 g/mol. The Hall–Kier alpha value is -1.93. The van der Waals surface area contributed by atoms with Gasteiger partial charge in [-0.15, -0.1) is 0 Å². The Morgan fingerprint density at radius 2 is 1.09 bits per heavy atom. The number of benzene rings is 2. The molecule has 2 aliphatic rings. The summed E-state index contributed by atoms with van der Waals surface area (Å²) in [4.78, 5) is 0. The summed E-state index contributed by atoms with van der Waals surface area (Å²) >= 11 is 0. The van der Waals surface area contributed by atoms with Crippen LogP contribution in [0, 0.1) is 0 Å². The Bertz CT molecular complexity index is 876. The first-order chi connectivity index (χ1) is 16.2. The van der Waals surface area contributed by atoms with Gasteiger partial charge < -0.3 is 18.9 Å². The van der Waals surface area contributed by atoms with E-state index in [4.69, 9.17) is 18.9 Å². The molecule has 0 amide bonds. The van der Waals surface area contributed by atoms with E-state index in [9.17, 15) is 0 Å². The van der Waals surface area contributed by atoms with Crippen molar-refractivity contribution >= 4 is 13.2 Å². The van der Waals surface area contributed by atoms with Crippen molar-refractivity contribution in [3.05, 3.63) is 30.3 Å². The second-order valence-corrected chi connectivity index (χ2v) is 12.0. The predicted molar refractivity (Wildman–Crippen MR) is 138 cm³/mol. The maximum absolute atomic E-state index is 6.08. The summed E-state index contributed by atoms with van der Waals surface area (Å²) in [5.74, 6) is 3.50. The van der Waals surface area contributed by atoms with Crippen LogP contribution in [-0.4, -0.2) is 39.8 Å². The van der Waals surface area contributed by atoms with Gasteiger partial charge in [0.2, 0.25) is 0 Å². The zero-order valence-corrected chi connectivity index (χ0v) is 21.6. The molecular weight excluding hydrogens is 431 g/mol. The molecule has 2 fully saturated rings. The third-order valence-electron chi connectivity index (χ3n) is 7.38. The first-order valence-corrected chi connectivity index (χ1v) is 13.9. The number of rotatable bonds is 8. The van der Waals surface area contributed by atoms with Crippen LogP contribution in [0.15, 0.2) is 30.3 Å². The highest BCUT2D eigenvalue weighted by molar-refractivity contribution is 7.67. The molecule has 4 nitrogen and oxygen atoms in total. The molecular formula is C28H39O4P. The highest BCUT2D eigenvalue weighted by Gasteiger charge is 2.36. The van der Waals surface area contributed by atoms with E-state index in [0.29, 0.717) is 0 Å². The summed E-state index contributed by atoms with van der Waals surface area (Å²) in [6, 6.07) is 10.3. The minimum Gasteiger partial charge on any atom is -0.497 e. The molecule has 4 rings (SSSR count). The van der Waals surface area contributed by atoms with Crippen LogP contribution in [0.3, 0.4) is 0 Å². The Kier molecular flexibility index (Phi) is 8.41. The molecule has 0 unspecified atom stereocenters. The van der Waals surface area contributed by atoms with Crippen molar-refractivity contribution < 1.29 is 18.9 Å². The van der Waals surface area contributed by atoms with Gasteiger partial charge in [0.25, 0.3) is 0 Å². The van der Waals surface area contributed by atoms with Crippen molar-refractivity contribution in [2.75, 3.05) is 28.4 Å². The average Bonchev–Trinajstić information content (AvgIpc) is 2.89. The van der Waals surface area contributed by atoms with Crippen LogP contribution < -0.4 is 24.3 Å². The lowest BCUT2D eigenvalue weighted by Crippen LogP contribution is -2.28. The highest BCUT2D eigenvalue weighted by Crippen LogP contribution is 2.58. The predicted octanol–water partition coefficient (Wildman–Crippen LogP) is 7.16. The lowest BCUT2D eigenvalue weighted by molar-refractivity contribution is 0.394. The molecule has 0 spiro atoms. The van der Waals surface area contributed by atoms with Crippen LogP contribution in [0.25, 0.3) is 11.1 Å². The molecule has 0 radical (unpaired) electrons. The molecule has 2 aromatic carbocycles. The Morgan fingerprint density at radius 3 is 1.55 bits per heavy atom. The van der Waals surface area contributed by atoms with Crippen LogP contribution in [0.2, 0.25) is 0 Å². The second-order valence-electron chi connectivity index (χ2n) is 9.29. The van der Waals surface area contributed by atoms with Crippen molar-refractivity contribution in [3.63, 3.8) is 0 Å². The maximum Gasteiger partial charge on any atom is 0.127 e. The third kappa shape index (κ3) is 5.27. The first-order valence-electron chi connectivity index (χ1n) is 12.5. The van der Waals surface area contributed by atoms with Gasteiger partial charge in [-0.05, 0) is 66.8 Å². The molecule has 2 saturated carbocycles. The quantitative estimate of drug-likeness (QED) is 0.384. The molecule has 0 heterocycles. The van der Waals surface area contributed by atoms with Crippen LogP contribution in [0.1, 0.15) is 64.2 Å². The largest absolute Gasteiger partial charge is 0.497 e. The molecule has 0 N–H and O–H groups in total. The van der Waals surface area contributed by atoms with E-state index >= 15 is 0 Å². The van der Waals surface area contributed by atoms with E-state index in [1.807, 2.05) is 13.2 Å². The number of ether oxygens (including phenoxy) is 4. The molecule has 0 bridgehead atoms. The average molecular weight is 471 g/mol. The standard InChI is InChI=1S/C28H39O4P/c1-29-21-17-20(18-22(19-21)30-2)27-25(31-3)15-16-26(32-4)28(27)33(23-11-7-5-8-12-23)24-13-9-6-10-14-24/h15-19,23-24H,5-14H2,1-4H3. The van der Waals surface area contributed by atoms with Gasteiger partial charge in [-0.3, -0.25) is 0 Å². The summed E-state index contributed by atoms with van der Waals surface area (Å²) in [5, 5.41) is 1.39. The minimum atomic E-state index is -0.399. The summed E-state index contributed by atoms with van der Waals surface area (Å²) < 4.78 is 23.3. The zero-order chi connectivity index (χ0) is 23.2. The molecule has 0 atom stereocenters. The van der Waals surface area contributed by atoms with Gasteiger partial charge in [0, 0.05) is 16.9 Å². The molecule has 0 saturated heterocycles. The molecule has 5 heteroatoms. The van der Waals surface area contributed by atoms with Crippen molar-refractivity contribution in [1.82, 2.24) is 0 Å². The van der Waals surface area contributed by atoms with Crippen LogP contribution in [0.5, 0.6) is 23.0 Å². The molecule has 33 heavy (non-hydrogen) atoms. The van der Waals surface area contributed by atoms with Gasteiger partial charge >= 0.3 is 0 Å². The van der Waals surface area contributed by atoms with Crippen LogP contribution >= 0.6 is 7.92 Å². The van der Waals surface area contributed by atoms with Crippen molar-refractivity contribution in [2.24, 2.45) is 0 Å². The maximum atomic E-state index is 6.08. The van der Waals surface area contributed by atoms with Crippen LogP contribution in [-0.2, 0) is 0 Å². The fourth-order valence-electron chi connectivity index (χ4n) is 5.76. The molecule has 2 aromatic rings. The normalized spacial score (nSPS) is 17.7. The number of hydrogen-bond acceptors (Lipinski definition) is 4. The highest BCUT2D eigenvalue weighted by atomic mass is 31.1. The number of hydrogen-bond donors (Lipinski definition) is 0. The van der Waals surface area contributed by atoms with E-state index in [2.05, 4.69) is 24.3 Å². The molecule has 2 aliphatic carbocycles. The van der Waals surface area contributed by atoms with Crippen LogP contribution in [0.4, 0.5) is 0 Å². The van der Waals surface area contributed by atoms with Crippen molar-refractivity contribution in [2.45, 2.75) is 75.5 Å². The summed E-state index contributed by atoms with van der Waals surface area (Å²) in [6.07, 6.45) is 13.5. The van der Waals surface area contributed by atoms with Gasteiger partial charge in [0.05, 0.1) is 28.4 Å². The topological polar surface area (TPSA) is 36.9 Å². The molecule has 0 aromatic heterocycles. The fourth-order valence-corrected chi connectivity index (χ4v) is 9.84. The Balaban J connectivity index is 1.95. The minimum absolute atomic E-state index is 0.399. The lowest BCUT2D eigenvalue weighted by atomic mass is 9.99. The van der Waals surface area contributed by atoms with E-state index in [1.165, 1.54) is 69.5 Å². The van der Waals surface area contributed by atoms with Crippen molar-refractivity contribution in [3.8, 4) is 34.1 Å². The van der Waals surface area contributed by atoms with Gasteiger partial charge in [-0.1, -0.05) is 46.4 Å². The smallest absolute Gasteiger partial charge is 0.127 e. The van der Waals surface area contributed by atoms with E-state index < -0.39 is 7.92 Å². The molecule has 0 aliphatic heterocycles. The fraction of sp³-hybridized carbons (Fsp3) is 0.571. The summed E-state index contributed by atoms with van der Waals surface area (Å²) in [7, 11) is 6.61. The Morgan fingerprint density at radius 1 is 0.606 bits per heavy atom. The number of methoxy groups -OCH3 is 4. The van der Waals surface area contributed by atoms with E-state index in [1.54, 1.807) is 21.3 Å². The zero-order valence-electron chi connectivity index (χ0n) is 20.7. The van der Waals surface area contributed by atoms with Gasteiger partial charge in [-0.2, -0.15) is 0 Å². The van der Waals surface area contributed by atoms with Gasteiger partial charge in [0.15, 0.2) is 0 Å². The van der Waals surface area contributed by atoms with Gasteiger partial charge in [-0.25, -0.2) is 0 Å². The first kappa shape index (κ1) is 24.2.